The van der Waals surface area contributed by atoms with Gasteiger partial charge in [-0.05, 0) is 29.7 Å². The van der Waals surface area contributed by atoms with Gasteiger partial charge < -0.3 is 10.5 Å². The van der Waals surface area contributed by atoms with Crippen molar-refractivity contribution >= 4 is 0 Å². The van der Waals surface area contributed by atoms with E-state index in [1.165, 1.54) is 23.3 Å². The third kappa shape index (κ3) is 3.07. The lowest BCUT2D eigenvalue weighted by Gasteiger charge is -2.29. The molecule has 2 aromatic rings. The molecular formula is C18H16FNO. The molecule has 1 unspecified atom stereocenters. The molecule has 0 aromatic heterocycles. The second kappa shape index (κ2) is 5.99. The Hall–Kier alpha value is -2.31. The SMILES string of the molecule is NCC#Cc1cc(F)cc(OCC2Cc3ccccc32)c1. The van der Waals surface area contributed by atoms with Crippen molar-refractivity contribution in [3.63, 3.8) is 0 Å². The Bertz CT molecular complexity index is 715. The van der Waals surface area contributed by atoms with Crippen LogP contribution in [0.15, 0.2) is 42.5 Å². The Labute approximate surface area is 123 Å². The van der Waals surface area contributed by atoms with Crippen molar-refractivity contribution in [2.45, 2.75) is 12.3 Å². The first kappa shape index (κ1) is 13.7. The zero-order chi connectivity index (χ0) is 14.7. The molecule has 2 nitrogen and oxygen atoms in total. The van der Waals surface area contributed by atoms with E-state index in [0.717, 1.165) is 6.42 Å². The summed E-state index contributed by atoms with van der Waals surface area (Å²) in [6, 6.07) is 12.9. The molecule has 0 saturated carbocycles. The molecule has 0 spiro atoms. The van der Waals surface area contributed by atoms with Crippen LogP contribution in [-0.2, 0) is 6.42 Å². The fourth-order valence-electron chi connectivity index (χ4n) is 2.58. The molecule has 1 aliphatic rings. The van der Waals surface area contributed by atoms with E-state index in [-0.39, 0.29) is 12.4 Å². The molecule has 0 amide bonds. The summed E-state index contributed by atoms with van der Waals surface area (Å²) in [5.74, 6) is 6.10. The number of ether oxygens (including phenoxy) is 1. The van der Waals surface area contributed by atoms with Gasteiger partial charge in [-0.25, -0.2) is 4.39 Å². The van der Waals surface area contributed by atoms with Crippen molar-refractivity contribution in [2.24, 2.45) is 5.73 Å². The Morgan fingerprint density at radius 1 is 1.24 bits per heavy atom. The van der Waals surface area contributed by atoms with Crippen molar-refractivity contribution in [1.29, 1.82) is 0 Å². The van der Waals surface area contributed by atoms with Crippen LogP contribution in [0.3, 0.4) is 0 Å². The zero-order valence-electron chi connectivity index (χ0n) is 11.6. The third-order valence-corrected chi connectivity index (χ3v) is 3.62. The van der Waals surface area contributed by atoms with Crippen molar-refractivity contribution in [3.8, 4) is 17.6 Å². The largest absolute Gasteiger partial charge is 0.493 e. The number of hydrogen-bond donors (Lipinski definition) is 1. The smallest absolute Gasteiger partial charge is 0.128 e. The molecule has 3 rings (SSSR count). The molecule has 21 heavy (non-hydrogen) atoms. The van der Waals surface area contributed by atoms with Crippen LogP contribution in [0.1, 0.15) is 22.6 Å². The number of nitrogens with two attached hydrogens (primary N) is 1. The van der Waals surface area contributed by atoms with Crippen LogP contribution in [0, 0.1) is 17.7 Å². The van der Waals surface area contributed by atoms with Crippen molar-refractivity contribution < 1.29 is 9.13 Å². The third-order valence-electron chi connectivity index (χ3n) is 3.62. The standard InChI is InChI=1S/C18H16FNO/c19-16-8-13(4-3-7-20)9-17(11-16)21-12-15-10-14-5-1-2-6-18(14)15/h1-2,5-6,8-9,11,15H,7,10,12,20H2. The van der Waals surface area contributed by atoms with E-state index in [0.29, 0.717) is 23.8 Å². The summed E-state index contributed by atoms with van der Waals surface area (Å²) in [5, 5.41) is 0. The summed E-state index contributed by atoms with van der Waals surface area (Å²) in [4.78, 5) is 0. The molecule has 106 valence electrons. The first-order valence-electron chi connectivity index (χ1n) is 6.96. The molecular weight excluding hydrogens is 265 g/mol. The fourth-order valence-corrected chi connectivity index (χ4v) is 2.58. The molecule has 0 aliphatic heterocycles. The zero-order valence-corrected chi connectivity index (χ0v) is 11.6. The maximum Gasteiger partial charge on any atom is 0.128 e. The molecule has 3 heteroatoms. The Morgan fingerprint density at radius 2 is 2.10 bits per heavy atom. The highest BCUT2D eigenvalue weighted by atomic mass is 19.1. The van der Waals surface area contributed by atoms with Gasteiger partial charge in [0.05, 0.1) is 13.2 Å². The highest BCUT2D eigenvalue weighted by molar-refractivity contribution is 5.42. The summed E-state index contributed by atoms with van der Waals surface area (Å²) in [5.41, 5.74) is 8.62. The Balaban J connectivity index is 1.68. The first-order valence-corrected chi connectivity index (χ1v) is 6.96. The Kier molecular flexibility index (Phi) is 3.89. The maximum absolute atomic E-state index is 13.5. The minimum absolute atomic E-state index is 0.256. The molecule has 0 bridgehead atoms. The number of hydrogen-bond acceptors (Lipinski definition) is 2. The molecule has 0 radical (unpaired) electrons. The lowest BCUT2D eigenvalue weighted by atomic mass is 9.78. The average Bonchev–Trinajstić information content (AvgIpc) is 2.45. The van der Waals surface area contributed by atoms with Crippen molar-refractivity contribution in [1.82, 2.24) is 0 Å². The van der Waals surface area contributed by atoms with Gasteiger partial charge in [0.1, 0.15) is 11.6 Å². The lowest BCUT2D eigenvalue weighted by molar-refractivity contribution is 0.274. The van der Waals surface area contributed by atoms with Gasteiger partial charge >= 0.3 is 0 Å². The molecule has 0 fully saturated rings. The van der Waals surface area contributed by atoms with Gasteiger partial charge in [0.15, 0.2) is 0 Å². The molecule has 0 heterocycles. The summed E-state index contributed by atoms with van der Waals surface area (Å²) >= 11 is 0. The van der Waals surface area contributed by atoms with E-state index in [1.54, 1.807) is 6.07 Å². The maximum atomic E-state index is 13.5. The highest BCUT2D eigenvalue weighted by Crippen LogP contribution is 2.35. The first-order chi connectivity index (χ1) is 10.3. The van der Waals surface area contributed by atoms with Crippen molar-refractivity contribution in [3.05, 3.63) is 65.0 Å². The quantitative estimate of drug-likeness (QED) is 0.878. The highest BCUT2D eigenvalue weighted by Gasteiger charge is 2.25. The van der Waals surface area contributed by atoms with Crippen LogP contribution in [0.4, 0.5) is 4.39 Å². The topological polar surface area (TPSA) is 35.2 Å². The molecule has 2 N–H and O–H groups in total. The van der Waals surface area contributed by atoms with E-state index in [1.807, 2.05) is 12.1 Å². The summed E-state index contributed by atoms with van der Waals surface area (Å²) in [6.07, 6.45) is 1.02. The number of rotatable bonds is 3. The molecule has 2 aromatic carbocycles. The summed E-state index contributed by atoms with van der Waals surface area (Å²) in [7, 11) is 0. The van der Waals surface area contributed by atoms with Crippen LogP contribution in [0.25, 0.3) is 0 Å². The Morgan fingerprint density at radius 3 is 2.90 bits per heavy atom. The number of halogens is 1. The molecule has 1 aliphatic carbocycles. The van der Waals surface area contributed by atoms with E-state index < -0.39 is 0 Å². The van der Waals surface area contributed by atoms with Crippen LogP contribution in [0.5, 0.6) is 5.75 Å². The minimum Gasteiger partial charge on any atom is -0.493 e. The number of fused-ring (bicyclic) bond motifs is 1. The van der Waals surface area contributed by atoms with Gasteiger partial charge in [-0.1, -0.05) is 36.1 Å². The molecule has 1 atom stereocenters. The van der Waals surface area contributed by atoms with E-state index in [9.17, 15) is 4.39 Å². The number of benzene rings is 2. The summed E-state index contributed by atoms with van der Waals surface area (Å²) in [6.45, 7) is 0.815. The van der Waals surface area contributed by atoms with E-state index in [4.69, 9.17) is 10.5 Å². The van der Waals surface area contributed by atoms with E-state index >= 15 is 0 Å². The van der Waals surface area contributed by atoms with Crippen LogP contribution in [-0.4, -0.2) is 13.2 Å². The van der Waals surface area contributed by atoms with Gasteiger partial charge in [-0.3, -0.25) is 0 Å². The predicted molar refractivity (Wildman–Crippen MR) is 80.7 cm³/mol. The van der Waals surface area contributed by atoms with Crippen LogP contribution in [0.2, 0.25) is 0 Å². The normalized spacial score (nSPS) is 15.4. The monoisotopic (exact) mass is 281 g/mol. The van der Waals surface area contributed by atoms with Crippen molar-refractivity contribution in [2.75, 3.05) is 13.2 Å². The molecule has 0 saturated heterocycles. The average molecular weight is 281 g/mol. The minimum atomic E-state index is -0.345. The lowest BCUT2D eigenvalue weighted by Crippen LogP contribution is -2.23. The van der Waals surface area contributed by atoms with E-state index in [2.05, 4.69) is 24.0 Å². The van der Waals surface area contributed by atoms with Gasteiger partial charge in [0.25, 0.3) is 0 Å². The van der Waals surface area contributed by atoms with Gasteiger partial charge in [0.2, 0.25) is 0 Å². The van der Waals surface area contributed by atoms with Crippen LogP contribution >= 0.6 is 0 Å². The second-order valence-electron chi connectivity index (χ2n) is 5.09. The summed E-state index contributed by atoms with van der Waals surface area (Å²) < 4.78 is 19.3. The van der Waals surface area contributed by atoms with Gasteiger partial charge in [-0.2, -0.15) is 0 Å². The van der Waals surface area contributed by atoms with Gasteiger partial charge in [-0.15, -0.1) is 0 Å². The second-order valence-corrected chi connectivity index (χ2v) is 5.09. The van der Waals surface area contributed by atoms with Gasteiger partial charge in [0, 0.05) is 17.5 Å². The fraction of sp³-hybridized carbons (Fsp3) is 0.222. The predicted octanol–water partition coefficient (Wildman–Crippen LogP) is 2.85. The van der Waals surface area contributed by atoms with Crippen LogP contribution < -0.4 is 10.5 Å².